The third-order valence-corrected chi connectivity index (χ3v) is 4.46. The van der Waals surface area contributed by atoms with Gasteiger partial charge in [-0.15, -0.1) is 0 Å². The van der Waals surface area contributed by atoms with E-state index in [0.717, 1.165) is 29.6 Å². The van der Waals surface area contributed by atoms with Gasteiger partial charge in [-0.05, 0) is 36.7 Å². The average Bonchev–Trinajstić information content (AvgIpc) is 3.10. The van der Waals surface area contributed by atoms with Crippen LogP contribution in [0.4, 0.5) is 0 Å². The van der Waals surface area contributed by atoms with E-state index in [1.807, 2.05) is 30.3 Å². The van der Waals surface area contributed by atoms with E-state index in [2.05, 4.69) is 9.89 Å². The second kappa shape index (κ2) is 5.71. The van der Waals surface area contributed by atoms with Gasteiger partial charge >= 0.3 is 0 Å². The molecule has 3 rings (SSSR count). The summed E-state index contributed by atoms with van der Waals surface area (Å²) in [5.41, 5.74) is 0.906. The van der Waals surface area contributed by atoms with Gasteiger partial charge in [-0.1, -0.05) is 18.2 Å². The lowest BCUT2D eigenvalue weighted by atomic mass is 10.2. The largest absolute Gasteiger partial charge is 0.496 e. The zero-order chi connectivity index (χ0) is 13.9. The topological polar surface area (TPSA) is 41.9 Å². The summed E-state index contributed by atoms with van der Waals surface area (Å²) in [5.74, 6) is 0.617. The molecule has 0 spiro atoms. The number of ether oxygens (including phenoxy) is 1. The van der Waals surface area contributed by atoms with E-state index in [9.17, 15) is 4.79 Å². The van der Waals surface area contributed by atoms with Crippen LogP contribution in [0, 0.1) is 0 Å². The molecule has 1 fully saturated rings. The molecule has 1 amide bonds. The van der Waals surface area contributed by atoms with E-state index in [-0.39, 0.29) is 5.91 Å². The second-order valence-electron chi connectivity index (χ2n) is 4.75. The predicted octanol–water partition coefficient (Wildman–Crippen LogP) is 2.76. The molecular weight excluding hydrogens is 272 g/mol. The molecule has 4 nitrogen and oxygen atoms in total. The molecule has 2 aliphatic heterocycles. The van der Waals surface area contributed by atoms with Crippen molar-refractivity contribution in [1.29, 1.82) is 0 Å². The van der Waals surface area contributed by atoms with E-state index in [1.165, 1.54) is 24.6 Å². The molecule has 1 saturated heterocycles. The minimum atomic E-state index is -0.150. The van der Waals surface area contributed by atoms with Crippen molar-refractivity contribution in [3.8, 4) is 5.75 Å². The van der Waals surface area contributed by atoms with Crippen LogP contribution < -0.4 is 4.74 Å². The van der Waals surface area contributed by atoms with Crippen LogP contribution in [0.15, 0.2) is 34.2 Å². The van der Waals surface area contributed by atoms with Gasteiger partial charge in [-0.2, -0.15) is 4.99 Å². The summed E-state index contributed by atoms with van der Waals surface area (Å²) < 4.78 is 5.30. The van der Waals surface area contributed by atoms with Gasteiger partial charge in [0.1, 0.15) is 5.75 Å². The van der Waals surface area contributed by atoms with Crippen molar-refractivity contribution >= 4 is 28.9 Å². The fourth-order valence-corrected chi connectivity index (χ4v) is 3.32. The Morgan fingerprint density at radius 2 is 2.05 bits per heavy atom. The minimum Gasteiger partial charge on any atom is -0.496 e. The number of nitrogens with zero attached hydrogens (tertiary/aromatic N) is 2. The molecule has 0 atom stereocenters. The summed E-state index contributed by atoms with van der Waals surface area (Å²) in [6.07, 6.45) is 4.22. The van der Waals surface area contributed by atoms with Gasteiger partial charge in [-0.3, -0.25) is 4.79 Å². The highest BCUT2D eigenvalue weighted by atomic mass is 32.2. The molecule has 0 aliphatic carbocycles. The first kappa shape index (κ1) is 13.2. The van der Waals surface area contributed by atoms with Gasteiger partial charge in [0.25, 0.3) is 5.91 Å². The van der Waals surface area contributed by atoms with Crippen molar-refractivity contribution in [1.82, 2.24) is 4.90 Å². The number of rotatable bonds is 2. The Bertz CT molecular complexity index is 589. The molecule has 20 heavy (non-hydrogen) atoms. The van der Waals surface area contributed by atoms with Crippen LogP contribution in [0.1, 0.15) is 18.4 Å². The number of amidine groups is 1. The van der Waals surface area contributed by atoms with Crippen LogP contribution in [0.3, 0.4) is 0 Å². The quantitative estimate of drug-likeness (QED) is 0.785. The molecular formula is C15H16N2O2S. The number of carbonyl (C=O) groups is 1. The van der Waals surface area contributed by atoms with Crippen LogP contribution in [0.2, 0.25) is 0 Å². The number of aliphatic imine (C=N–C) groups is 1. The first-order valence-corrected chi connectivity index (χ1v) is 7.50. The summed E-state index contributed by atoms with van der Waals surface area (Å²) >= 11 is 1.46. The summed E-state index contributed by atoms with van der Waals surface area (Å²) in [5, 5.41) is 0.841. The maximum atomic E-state index is 12.0. The van der Waals surface area contributed by atoms with Crippen molar-refractivity contribution in [2.45, 2.75) is 12.8 Å². The van der Waals surface area contributed by atoms with E-state index in [0.29, 0.717) is 4.91 Å². The second-order valence-corrected chi connectivity index (χ2v) is 5.76. The molecule has 1 aromatic rings. The first-order valence-electron chi connectivity index (χ1n) is 6.68. The Hall–Kier alpha value is -1.75. The van der Waals surface area contributed by atoms with Gasteiger partial charge in [0.2, 0.25) is 0 Å². The van der Waals surface area contributed by atoms with Crippen LogP contribution in [0.5, 0.6) is 5.75 Å². The summed E-state index contributed by atoms with van der Waals surface area (Å²) in [6.45, 7) is 2.00. The number of benzene rings is 1. The van der Waals surface area contributed by atoms with Crippen molar-refractivity contribution in [2.75, 3.05) is 20.2 Å². The van der Waals surface area contributed by atoms with Crippen LogP contribution in [0.25, 0.3) is 6.08 Å². The van der Waals surface area contributed by atoms with E-state index >= 15 is 0 Å². The number of methoxy groups -OCH3 is 1. The van der Waals surface area contributed by atoms with Gasteiger partial charge in [-0.25, -0.2) is 0 Å². The number of thioether (sulfide) groups is 1. The Morgan fingerprint density at radius 3 is 2.80 bits per heavy atom. The van der Waals surface area contributed by atoms with Crippen LogP contribution >= 0.6 is 11.8 Å². The third-order valence-electron chi connectivity index (χ3n) is 3.41. The molecule has 0 radical (unpaired) electrons. The average molecular weight is 288 g/mol. The highest BCUT2D eigenvalue weighted by molar-refractivity contribution is 8.18. The lowest BCUT2D eigenvalue weighted by Gasteiger charge is -2.14. The summed E-state index contributed by atoms with van der Waals surface area (Å²) in [4.78, 5) is 19.0. The maximum absolute atomic E-state index is 12.0. The lowest BCUT2D eigenvalue weighted by molar-refractivity contribution is -0.113. The molecule has 0 saturated carbocycles. The lowest BCUT2D eigenvalue weighted by Crippen LogP contribution is -2.23. The number of hydrogen-bond donors (Lipinski definition) is 0. The predicted molar refractivity (Wildman–Crippen MR) is 81.8 cm³/mol. The van der Waals surface area contributed by atoms with Crippen LogP contribution in [-0.2, 0) is 4.79 Å². The summed E-state index contributed by atoms with van der Waals surface area (Å²) in [7, 11) is 1.63. The standard InChI is InChI=1S/C15H16N2O2S/c1-19-12-7-3-2-6-11(12)10-13-14(18)16-15(20-13)17-8-4-5-9-17/h2-3,6-7,10H,4-5,8-9H2,1H3/b13-10+. The van der Waals surface area contributed by atoms with E-state index in [4.69, 9.17) is 4.74 Å². The number of hydrogen-bond acceptors (Lipinski definition) is 4. The molecule has 5 heteroatoms. The molecule has 0 aromatic heterocycles. The SMILES string of the molecule is COc1ccccc1/C=C1/SC(N2CCCC2)=NC1=O. The Balaban J connectivity index is 1.82. The van der Waals surface area contributed by atoms with Crippen LogP contribution in [-0.4, -0.2) is 36.2 Å². The number of likely N-dealkylation sites (tertiary alicyclic amines) is 1. The minimum absolute atomic E-state index is 0.150. The molecule has 104 valence electrons. The van der Waals surface area contributed by atoms with Crippen molar-refractivity contribution in [3.05, 3.63) is 34.7 Å². The zero-order valence-corrected chi connectivity index (χ0v) is 12.2. The number of carbonyl (C=O) groups excluding carboxylic acids is 1. The monoisotopic (exact) mass is 288 g/mol. The van der Waals surface area contributed by atoms with E-state index in [1.54, 1.807) is 7.11 Å². The Kier molecular flexibility index (Phi) is 3.78. The number of para-hydroxylation sites is 1. The number of amides is 1. The molecule has 2 aliphatic rings. The molecule has 2 heterocycles. The molecule has 0 bridgehead atoms. The fraction of sp³-hybridized carbons (Fsp3) is 0.333. The Morgan fingerprint density at radius 1 is 1.30 bits per heavy atom. The van der Waals surface area contributed by atoms with Crippen molar-refractivity contribution in [3.63, 3.8) is 0 Å². The zero-order valence-electron chi connectivity index (χ0n) is 11.3. The summed E-state index contributed by atoms with van der Waals surface area (Å²) in [6, 6.07) is 7.67. The highest BCUT2D eigenvalue weighted by Gasteiger charge is 2.27. The third kappa shape index (κ3) is 2.58. The van der Waals surface area contributed by atoms with Gasteiger partial charge in [0, 0.05) is 18.7 Å². The van der Waals surface area contributed by atoms with Crippen molar-refractivity contribution in [2.24, 2.45) is 4.99 Å². The van der Waals surface area contributed by atoms with Gasteiger partial charge in [0.15, 0.2) is 5.17 Å². The fourth-order valence-electron chi connectivity index (χ4n) is 2.37. The molecule has 1 aromatic carbocycles. The van der Waals surface area contributed by atoms with Gasteiger partial charge < -0.3 is 9.64 Å². The first-order chi connectivity index (χ1) is 9.78. The molecule has 0 N–H and O–H groups in total. The highest BCUT2D eigenvalue weighted by Crippen LogP contribution is 2.33. The smallest absolute Gasteiger partial charge is 0.286 e. The van der Waals surface area contributed by atoms with Crippen molar-refractivity contribution < 1.29 is 9.53 Å². The Labute approximate surface area is 122 Å². The molecule has 0 unspecified atom stereocenters. The normalized spacial score (nSPS) is 20.6. The van der Waals surface area contributed by atoms with E-state index < -0.39 is 0 Å². The maximum Gasteiger partial charge on any atom is 0.286 e. The van der Waals surface area contributed by atoms with Gasteiger partial charge in [0.05, 0.1) is 12.0 Å².